The average Bonchev–Trinajstić information content (AvgIpc) is 2.76. The van der Waals surface area contributed by atoms with E-state index in [-0.39, 0.29) is 16.5 Å². The van der Waals surface area contributed by atoms with Gasteiger partial charge in [0, 0.05) is 31.9 Å². The number of alkyl halides is 1. The number of halogens is 1. The molecule has 2 aromatic rings. The van der Waals surface area contributed by atoms with Crippen molar-refractivity contribution in [3.05, 3.63) is 40.8 Å². The van der Waals surface area contributed by atoms with Crippen LogP contribution < -0.4 is 5.56 Å². The smallest absolute Gasteiger partial charge is 0.409 e. The van der Waals surface area contributed by atoms with Crippen molar-refractivity contribution in [2.45, 2.75) is 18.3 Å². The number of hydrogen-bond donors (Lipinski definition) is 0. The third kappa shape index (κ3) is 3.30. The highest BCUT2D eigenvalue weighted by molar-refractivity contribution is 9.09. The molecule has 0 aliphatic carbocycles. The molecule has 0 saturated heterocycles. The van der Waals surface area contributed by atoms with Crippen molar-refractivity contribution in [2.24, 2.45) is 0 Å². The highest BCUT2D eigenvalue weighted by Gasteiger charge is 2.27. The van der Waals surface area contributed by atoms with Gasteiger partial charge < -0.3 is 9.64 Å². The van der Waals surface area contributed by atoms with Crippen LogP contribution in [0.15, 0.2) is 29.5 Å². The van der Waals surface area contributed by atoms with E-state index in [4.69, 9.17) is 4.74 Å². The Kier molecular flexibility index (Phi) is 4.89. The first-order valence-corrected chi connectivity index (χ1v) is 8.45. The number of aromatic nitrogens is 4. The van der Waals surface area contributed by atoms with Crippen LogP contribution in [0.3, 0.4) is 0 Å². The number of nitrogens with zero attached hydrogens (tertiary/aromatic N) is 5. The van der Waals surface area contributed by atoms with Crippen LogP contribution in [0, 0.1) is 0 Å². The Bertz CT molecular complexity index is 795. The van der Waals surface area contributed by atoms with Crippen molar-refractivity contribution >= 4 is 22.0 Å². The second-order valence-corrected chi connectivity index (χ2v) is 6.30. The highest BCUT2D eigenvalue weighted by Crippen LogP contribution is 2.26. The number of hydrogen-bond acceptors (Lipinski definition) is 6. The Morgan fingerprint density at radius 1 is 1.42 bits per heavy atom. The van der Waals surface area contributed by atoms with Crippen LogP contribution in [0.25, 0.3) is 11.4 Å². The fourth-order valence-electron chi connectivity index (χ4n) is 2.53. The summed E-state index contributed by atoms with van der Waals surface area (Å²) in [5, 5.41) is 0. The first kappa shape index (κ1) is 16.6. The second kappa shape index (κ2) is 7.08. The zero-order valence-corrected chi connectivity index (χ0v) is 14.6. The summed E-state index contributed by atoms with van der Waals surface area (Å²) in [6, 6.07) is 3.15. The van der Waals surface area contributed by atoms with Crippen LogP contribution in [0.5, 0.6) is 0 Å². The number of rotatable bonds is 2. The maximum Gasteiger partial charge on any atom is 0.409 e. The van der Waals surface area contributed by atoms with Crippen molar-refractivity contribution in [2.75, 3.05) is 19.7 Å². The summed E-state index contributed by atoms with van der Waals surface area (Å²) >= 11 is 3.53. The molecule has 1 amide bonds. The van der Waals surface area contributed by atoms with Crippen molar-refractivity contribution in [3.63, 3.8) is 0 Å². The number of fused-ring (bicyclic) bond motifs is 1. The van der Waals surface area contributed by atoms with E-state index in [1.807, 2.05) is 0 Å². The van der Waals surface area contributed by atoms with Crippen molar-refractivity contribution in [1.82, 2.24) is 24.4 Å². The molecule has 24 heavy (non-hydrogen) atoms. The van der Waals surface area contributed by atoms with Gasteiger partial charge in [-0.05, 0) is 13.0 Å². The topological polar surface area (TPSA) is 90.2 Å². The normalized spacial score (nSPS) is 17.1. The van der Waals surface area contributed by atoms with Gasteiger partial charge in [-0.25, -0.2) is 19.7 Å². The largest absolute Gasteiger partial charge is 0.450 e. The molecule has 0 N–H and O–H groups in total. The van der Waals surface area contributed by atoms with Gasteiger partial charge in [-0.15, -0.1) is 0 Å². The average molecular weight is 394 g/mol. The maximum absolute atomic E-state index is 12.5. The number of carbonyl (C=O) groups is 1. The van der Waals surface area contributed by atoms with E-state index >= 15 is 0 Å². The van der Waals surface area contributed by atoms with E-state index < -0.39 is 0 Å². The summed E-state index contributed by atoms with van der Waals surface area (Å²) in [6.07, 6.45) is 2.62. The molecular formula is C15H16BrN5O3. The lowest BCUT2D eigenvalue weighted by molar-refractivity contribution is 0.108. The molecule has 0 saturated carbocycles. The van der Waals surface area contributed by atoms with Gasteiger partial charge in [-0.1, -0.05) is 15.9 Å². The van der Waals surface area contributed by atoms with E-state index in [1.165, 1.54) is 12.4 Å². The van der Waals surface area contributed by atoms with Crippen LogP contribution in [-0.4, -0.2) is 50.2 Å². The number of ether oxygens (including phenoxy) is 1. The Hall–Kier alpha value is -2.29. The minimum absolute atomic E-state index is 0.177. The Morgan fingerprint density at radius 2 is 2.25 bits per heavy atom. The summed E-state index contributed by atoms with van der Waals surface area (Å²) in [7, 11) is 0. The van der Waals surface area contributed by atoms with Crippen LogP contribution in [0.1, 0.15) is 17.6 Å². The zero-order valence-electron chi connectivity index (χ0n) is 13.1. The molecule has 0 spiro atoms. The molecule has 0 fully saturated rings. The summed E-state index contributed by atoms with van der Waals surface area (Å²) in [5.41, 5.74) is 0.892. The molecular weight excluding hydrogens is 378 g/mol. The molecule has 1 aliphatic rings. The Balaban J connectivity index is 1.96. The van der Waals surface area contributed by atoms with Gasteiger partial charge in [0.15, 0.2) is 0 Å². The molecule has 0 radical (unpaired) electrons. The SMILES string of the molecule is CCOC(=O)N1CCn2c(nc(-c3ccncn3)cc2=O)C(Br)C1. The van der Waals surface area contributed by atoms with Gasteiger partial charge in [-0.3, -0.25) is 9.36 Å². The van der Waals surface area contributed by atoms with E-state index in [1.54, 1.807) is 28.7 Å². The maximum atomic E-state index is 12.5. The van der Waals surface area contributed by atoms with Gasteiger partial charge >= 0.3 is 6.09 Å². The fourth-order valence-corrected chi connectivity index (χ4v) is 3.23. The summed E-state index contributed by atoms with van der Waals surface area (Å²) in [6.45, 7) is 3.20. The molecule has 2 aromatic heterocycles. The minimum atomic E-state index is -0.390. The van der Waals surface area contributed by atoms with Gasteiger partial charge in [0.05, 0.1) is 22.8 Å². The standard InChI is InChI=1S/C15H16BrN5O3/c1-2-24-15(23)20-5-6-21-13(22)7-12(11-3-4-17-9-18-11)19-14(21)10(16)8-20/h3-4,7,9-10H,2,5-6,8H2,1H3. The Morgan fingerprint density at radius 3 is 2.96 bits per heavy atom. The predicted molar refractivity (Wildman–Crippen MR) is 89.8 cm³/mol. The third-order valence-corrected chi connectivity index (χ3v) is 4.36. The molecule has 0 bridgehead atoms. The predicted octanol–water partition coefficient (Wildman–Crippen LogP) is 1.61. The highest BCUT2D eigenvalue weighted by atomic mass is 79.9. The second-order valence-electron chi connectivity index (χ2n) is 5.20. The van der Waals surface area contributed by atoms with Crippen molar-refractivity contribution in [3.8, 4) is 11.4 Å². The van der Waals surface area contributed by atoms with Gasteiger partial charge in [0.25, 0.3) is 5.56 Å². The fraction of sp³-hybridized carbons (Fsp3) is 0.400. The summed E-state index contributed by atoms with van der Waals surface area (Å²) in [5.74, 6) is 0.572. The van der Waals surface area contributed by atoms with Gasteiger partial charge in [0.1, 0.15) is 12.2 Å². The van der Waals surface area contributed by atoms with Crippen molar-refractivity contribution in [1.29, 1.82) is 0 Å². The van der Waals surface area contributed by atoms with Gasteiger partial charge in [-0.2, -0.15) is 0 Å². The van der Waals surface area contributed by atoms with Crippen molar-refractivity contribution < 1.29 is 9.53 Å². The molecule has 8 nitrogen and oxygen atoms in total. The van der Waals surface area contributed by atoms with Gasteiger partial charge in [0.2, 0.25) is 0 Å². The molecule has 1 unspecified atom stereocenters. The monoisotopic (exact) mass is 393 g/mol. The molecule has 1 aliphatic heterocycles. The van der Waals surface area contributed by atoms with Crippen LogP contribution >= 0.6 is 15.9 Å². The minimum Gasteiger partial charge on any atom is -0.450 e. The van der Waals surface area contributed by atoms with Crippen LogP contribution in [0.4, 0.5) is 4.79 Å². The summed E-state index contributed by atoms with van der Waals surface area (Å²) < 4.78 is 6.62. The Labute approximate surface area is 146 Å². The molecule has 1 atom stereocenters. The molecule has 3 heterocycles. The molecule has 3 rings (SSSR count). The molecule has 9 heteroatoms. The third-order valence-electron chi connectivity index (χ3n) is 3.66. The number of carbonyl (C=O) groups excluding carboxylic acids is 1. The van der Waals surface area contributed by atoms with E-state index in [9.17, 15) is 9.59 Å². The first-order chi connectivity index (χ1) is 11.6. The van der Waals surface area contributed by atoms with E-state index in [2.05, 4.69) is 30.9 Å². The number of amides is 1. The van der Waals surface area contributed by atoms with E-state index in [0.29, 0.717) is 43.5 Å². The molecule has 126 valence electrons. The molecule has 0 aromatic carbocycles. The van der Waals surface area contributed by atoms with Crippen LogP contribution in [-0.2, 0) is 11.3 Å². The zero-order chi connectivity index (χ0) is 17.1. The quantitative estimate of drug-likeness (QED) is 0.719. The van der Waals surface area contributed by atoms with Crippen LogP contribution in [0.2, 0.25) is 0 Å². The lowest BCUT2D eigenvalue weighted by atomic mass is 10.2. The first-order valence-electron chi connectivity index (χ1n) is 7.54. The lowest BCUT2D eigenvalue weighted by Crippen LogP contribution is -2.35. The van der Waals surface area contributed by atoms with E-state index in [0.717, 1.165) is 0 Å². The lowest BCUT2D eigenvalue weighted by Gasteiger charge is -2.20. The summed E-state index contributed by atoms with van der Waals surface area (Å²) in [4.78, 5) is 38.3.